The van der Waals surface area contributed by atoms with E-state index in [2.05, 4.69) is 0 Å². The molecule has 2 aromatic rings. The van der Waals surface area contributed by atoms with E-state index in [0.29, 0.717) is 26.1 Å². The Bertz CT molecular complexity index is 1060. The maximum atomic E-state index is 12.1. The maximum absolute atomic E-state index is 12.1. The third-order valence-corrected chi connectivity index (χ3v) is 7.79. The van der Waals surface area contributed by atoms with E-state index >= 15 is 0 Å². The van der Waals surface area contributed by atoms with Crippen LogP contribution in [0.25, 0.3) is 0 Å². The minimum atomic E-state index is -0.753. The molecule has 0 amide bonds. The van der Waals surface area contributed by atoms with Gasteiger partial charge in [0, 0.05) is 18.4 Å². The summed E-state index contributed by atoms with van der Waals surface area (Å²) < 4.78 is 42.5. The Balaban J connectivity index is 1.35. The summed E-state index contributed by atoms with van der Waals surface area (Å²) in [4.78, 5) is 12.1. The van der Waals surface area contributed by atoms with Gasteiger partial charge in [0.2, 0.25) is 0 Å². The fourth-order valence-corrected chi connectivity index (χ4v) is 5.63. The lowest BCUT2D eigenvalue weighted by molar-refractivity contribution is -0.387. The Hall–Kier alpha value is -2.49. The molecule has 0 spiro atoms. The van der Waals surface area contributed by atoms with Crippen molar-refractivity contribution >= 4 is 5.97 Å². The number of ether oxygens (including phenoxy) is 7. The molecule has 37 heavy (non-hydrogen) atoms. The van der Waals surface area contributed by atoms with Gasteiger partial charge in [0.05, 0.1) is 58.3 Å². The first-order valence-electron chi connectivity index (χ1n) is 12.8. The van der Waals surface area contributed by atoms with Crippen LogP contribution in [0.4, 0.5) is 0 Å². The molecule has 5 rings (SSSR count). The average Bonchev–Trinajstić information content (AvgIpc) is 2.91. The largest absolute Gasteiger partial charge is 0.497 e. The van der Waals surface area contributed by atoms with Gasteiger partial charge in [0.15, 0.2) is 6.29 Å². The fraction of sp³-hybridized carbons (Fsp3) is 0.552. The van der Waals surface area contributed by atoms with Crippen molar-refractivity contribution in [1.29, 1.82) is 0 Å². The second kappa shape index (κ2) is 10.7. The second-order valence-electron chi connectivity index (χ2n) is 10.4. The lowest BCUT2D eigenvalue weighted by Gasteiger charge is -2.59. The van der Waals surface area contributed by atoms with Crippen molar-refractivity contribution in [3.8, 4) is 5.75 Å². The molecule has 0 bridgehead atoms. The van der Waals surface area contributed by atoms with E-state index in [-0.39, 0.29) is 36.8 Å². The van der Waals surface area contributed by atoms with Gasteiger partial charge in [-0.25, -0.2) is 0 Å². The van der Waals surface area contributed by atoms with Gasteiger partial charge < -0.3 is 33.2 Å². The van der Waals surface area contributed by atoms with Crippen LogP contribution in [-0.2, 0) is 39.8 Å². The molecule has 3 aliphatic rings. The number of benzene rings is 2. The first kappa shape index (κ1) is 26.1. The monoisotopic (exact) mass is 512 g/mol. The number of rotatable bonds is 7. The molecule has 3 aliphatic heterocycles. The van der Waals surface area contributed by atoms with E-state index in [4.69, 9.17) is 33.2 Å². The van der Waals surface area contributed by atoms with Crippen molar-refractivity contribution in [2.45, 2.75) is 81.6 Å². The highest BCUT2D eigenvalue weighted by molar-refractivity contribution is 5.69. The smallest absolute Gasteiger partial charge is 0.308 e. The highest BCUT2D eigenvalue weighted by Gasteiger charge is 2.61. The lowest BCUT2D eigenvalue weighted by Crippen LogP contribution is -2.71. The molecule has 0 aliphatic carbocycles. The normalized spacial score (nSPS) is 35.2. The third-order valence-electron chi connectivity index (χ3n) is 7.79. The van der Waals surface area contributed by atoms with Crippen LogP contribution < -0.4 is 4.74 Å². The van der Waals surface area contributed by atoms with Crippen LogP contribution in [0.3, 0.4) is 0 Å². The first-order chi connectivity index (χ1) is 17.8. The molecule has 3 fully saturated rings. The van der Waals surface area contributed by atoms with E-state index in [1.54, 1.807) is 7.11 Å². The quantitative estimate of drug-likeness (QED) is 0.507. The van der Waals surface area contributed by atoms with Gasteiger partial charge in [-0.1, -0.05) is 42.5 Å². The minimum Gasteiger partial charge on any atom is -0.497 e. The average molecular weight is 513 g/mol. The molecule has 0 radical (unpaired) electrons. The number of hydrogen-bond donors (Lipinski definition) is 0. The van der Waals surface area contributed by atoms with Gasteiger partial charge in [0.1, 0.15) is 17.0 Å². The van der Waals surface area contributed by atoms with Crippen LogP contribution in [0, 0.1) is 0 Å². The molecule has 3 saturated heterocycles. The molecule has 0 saturated carbocycles. The van der Waals surface area contributed by atoms with Crippen molar-refractivity contribution in [2.75, 3.05) is 20.8 Å². The molecule has 8 heteroatoms. The predicted octanol–water partition coefficient (Wildman–Crippen LogP) is 4.35. The van der Waals surface area contributed by atoms with Crippen LogP contribution in [0.2, 0.25) is 0 Å². The standard InChI is InChI=1S/C29H36O8/c1-28-18-34-27(20-8-6-5-7-9-20)36-23(28)16-25-29(2,37-28)24(14-22(35-25)15-26(30)32-4)33-17-19-10-12-21(31-3)13-11-19/h5-13,22-25,27H,14-18H2,1-4H3/t22-,23+,24+,25-,27-,28-,29+/m1/s1. The number of carbonyl (C=O) groups is 1. The molecular weight excluding hydrogens is 476 g/mol. The summed E-state index contributed by atoms with van der Waals surface area (Å²) >= 11 is 0. The zero-order valence-electron chi connectivity index (χ0n) is 21.9. The number of hydrogen-bond acceptors (Lipinski definition) is 8. The molecule has 0 unspecified atom stereocenters. The highest BCUT2D eigenvalue weighted by atomic mass is 16.7. The summed E-state index contributed by atoms with van der Waals surface area (Å²) in [5.41, 5.74) is 0.562. The van der Waals surface area contributed by atoms with Crippen molar-refractivity contribution in [3.63, 3.8) is 0 Å². The second-order valence-corrected chi connectivity index (χ2v) is 10.4. The lowest BCUT2D eigenvalue weighted by atomic mass is 9.75. The summed E-state index contributed by atoms with van der Waals surface area (Å²) in [6.07, 6.45) is -0.439. The van der Waals surface area contributed by atoms with Crippen LogP contribution in [0.1, 0.15) is 50.5 Å². The van der Waals surface area contributed by atoms with Crippen molar-refractivity contribution < 1.29 is 38.0 Å². The van der Waals surface area contributed by atoms with E-state index in [1.807, 2.05) is 68.4 Å². The third kappa shape index (κ3) is 5.40. The van der Waals surface area contributed by atoms with E-state index in [9.17, 15) is 4.79 Å². The Labute approximate surface area is 218 Å². The van der Waals surface area contributed by atoms with Gasteiger partial charge in [-0.3, -0.25) is 4.79 Å². The molecule has 7 atom stereocenters. The van der Waals surface area contributed by atoms with Gasteiger partial charge >= 0.3 is 5.97 Å². The first-order valence-corrected chi connectivity index (χ1v) is 12.8. The number of methoxy groups -OCH3 is 2. The molecule has 8 nitrogen and oxygen atoms in total. The Morgan fingerprint density at radius 1 is 0.973 bits per heavy atom. The molecule has 2 aromatic carbocycles. The van der Waals surface area contributed by atoms with Crippen molar-refractivity contribution in [1.82, 2.24) is 0 Å². The molecular formula is C29H36O8. The predicted molar refractivity (Wildman–Crippen MR) is 134 cm³/mol. The summed E-state index contributed by atoms with van der Waals surface area (Å²) in [7, 11) is 3.03. The zero-order chi connectivity index (χ0) is 26.0. The van der Waals surface area contributed by atoms with E-state index < -0.39 is 17.5 Å². The summed E-state index contributed by atoms with van der Waals surface area (Å²) in [6.45, 7) is 4.85. The maximum Gasteiger partial charge on any atom is 0.308 e. The Morgan fingerprint density at radius 2 is 1.73 bits per heavy atom. The van der Waals surface area contributed by atoms with Crippen molar-refractivity contribution in [3.05, 3.63) is 65.7 Å². The topological polar surface area (TPSA) is 81.7 Å². The van der Waals surface area contributed by atoms with Crippen molar-refractivity contribution in [2.24, 2.45) is 0 Å². The van der Waals surface area contributed by atoms with Crippen LogP contribution in [0.5, 0.6) is 5.75 Å². The Kier molecular flexibility index (Phi) is 7.56. The molecule has 0 N–H and O–H groups in total. The summed E-state index contributed by atoms with van der Waals surface area (Å²) in [6, 6.07) is 17.7. The van der Waals surface area contributed by atoms with Crippen LogP contribution >= 0.6 is 0 Å². The summed E-state index contributed by atoms with van der Waals surface area (Å²) in [5.74, 6) is 0.483. The highest BCUT2D eigenvalue weighted by Crippen LogP contribution is 2.49. The fourth-order valence-electron chi connectivity index (χ4n) is 5.63. The van der Waals surface area contributed by atoms with Gasteiger partial charge in [-0.15, -0.1) is 0 Å². The van der Waals surface area contributed by atoms with Gasteiger partial charge in [-0.05, 0) is 31.5 Å². The van der Waals surface area contributed by atoms with Crippen LogP contribution in [0.15, 0.2) is 54.6 Å². The number of carbonyl (C=O) groups excluding carboxylic acids is 1. The summed E-state index contributed by atoms with van der Waals surface area (Å²) in [5, 5.41) is 0. The number of fused-ring (bicyclic) bond motifs is 2. The van der Waals surface area contributed by atoms with Gasteiger partial charge in [0.25, 0.3) is 0 Å². The minimum absolute atomic E-state index is 0.157. The van der Waals surface area contributed by atoms with E-state index in [0.717, 1.165) is 16.9 Å². The zero-order valence-corrected chi connectivity index (χ0v) is 21.9. The van der Waals surface area contributed by atoms with E-state index in [1.165, 1.54) is 7.11 Å². The Morgan fingerprint density at radius 3 is 2.43 bits per heavy atom. The molecule has 3 heterocycles. The number of esters is 1. The molecule has 0 aromatic heterocycles. The van der Waals surface area contributed by atoms with Crippen LogP contribution in [-0.4, -0.2) is 62.4 Å². The van der Waals surface area contributed by atoms with Gasteiger partial charge in [-0.2, -0.15) is 0 Å². The SMILES string of the molecule is COC(=O)C[C@H]1C[C@H](OCc2ccc(OC)cc2)[C@]2(C)O[C@]3(C)CO[C@@H](c4ccccc4)O[C@H]3C[C@H]2O1. The molecule has 200 valence electrons.